The number of carbonyl (C=O) groups is 2. The second kappa shape index (κ2) is 8.03. The Hall–Kier alpha value is -3.81. The van der Waals surface area contributed by atoms with E-state index in [0.717, 1.165) is 58.7 Å². The number of anilines is 1. The molecule has 2 aromatic carbocycles. The van der Waals surface area contributed by atoms with Crippen molar-refractivity contribution >= 4 is 17.7 Å². The third kappa shape index (κ3) is 3.68. The summed E-state index contributed by atoms with van der Waals surface area (Å²) in [7, 11) is 0. The minimum atomic E-state index is -0.416. The SMILES string of the molecule is CC(=O)NC[C@H]1CN(c2ccc3c(c2)CCCc2c(-c4cccc(O)c4)noc2-3)C(=O)O1. The van der Waals surface area contributed by atoms with Gasteiger partial charge in [0.1, 0.15) is 17.5 Å². The summed E-state index contributed by atoms with van der Waals surface area (Å²) in [4.78, 5) is 25.1. The van der Waals surface area contributed by atoms with E-state index in [-0.39, 0.29) is 17.8 Å². The molecule has 2 heterocycles. The Bertz CT molecular complexity index is 1200. The Morgan fingerprint density at radius 2 is 2.12 bits per heavy atom. The summed E-state index contributed by atoms with van der Waals surface area (Å²) in [5, 5.41) is 16.8. The van der Waals surface area contributed by atoms with Crippen LogP contribution >= 0.6 is 0 Å². The fourth-order valence-corrected chi connectivity index (χ4v) is 4.36. The highest BCUT2D eigenvalue weighted by Gasteiger charge is 2.33. The Balaban J connectivity index is 1.44. The summed E-state index contributed by atoms with van der Waals surface area (Å²) in [6.45, 7) is 2.11. The van der Waals surface area contributed by atoms with Gasteiger partial charge in [-0.3, -0.25) is 9.69 Å². The number of aryl methyl sites for hydroxylation is 1. The summed E-state index contributed by atoms with van der Waals surface area (Å²) >= 11 is 0. The Morgan fingerprint density at radius 1 is 1.25 bits per heavy atom. The van der Waals surface area contributed by atoms with E-state index in [1.807, 2.05) is 24.3 Å². The number of phenolic OH excluding ortho intramolecular Hbond substituents is 1. The van der Waals surface area contributed by atoms with E-state index in [1.54, 1.807) is 23.1 Å². The molecule has 2 N–H and O–H groups in total. The number of hydrogen-bond acceptors (Lipinski definition) is 6. The maximum absolute atomic E-state index is 12.4. The van der Waals surface area contributed by atoms with Gasteiger partial charge in [0.15, 0.2) is 5.76 Å². The first-order valence-electron chi connectivity index (χ1n) is 10.6. The zero-order valence-corrected chi connectivity index (χ0v) is 17.6. The average molecular weight is 433 g/mol. The molecular weight excluding hydrogens is 410 g/mol. The average Bonchev–Trinajstić information content (AvgIpc) is 3.31. The Kier molecular flexibility index (Phi) is 5.05. The number of amides is 2. The van der Waals surface area contributed by atoms with Gasteiger partial charge in [0.05, 0.1) is 13.1 Å². The van der Waals surface area contributed by atoms with Crippen molar-refractivity contribution in [3.8, 4) is 28.3 Å². The standard InChI is InChI=1S/C24H23N3O5/c1-14(28)25-12-19-13-27(24(30)31-19)17-8-9-20-15(10-17)4-3-7-21-22(26-32-23(20)21)16-5-2-6-18(29)11-16/h2,5-6,8-11,19,29H,3-4,7,12-13H2,1H3,(H,25,28)/t19-/m0/s1. The van der Waals surface area contributed by atoms with Crippen LogP contribution in [0.2, 0.25) is 0 Å². The third-order valence-corrected chi connectivity index (χ3v) is 5.88. The molecule has 8 heteroatoms. The lowest BCUT2D eigenvalue weighted by Gasteiger charge is -2.15. The predicted octanol–water partition coefficient (Wildman–Crippen LogP) is 3.66. The summed E-state index contributed by atoms with van der Waals surface area (Å²) in [6.07, 6.45) is 1.76. The van der Waals surface area contributed by atoms with E-state index in [4.69, 9.17) is 9.26 Å². The zero-order chi connectivity index (χ0) is 22.2. The molecule has 164 valence electrons. The molecule has 8 nitrogen and oxygen atoms in total. The largest absolute Gasteiger partial charge is 0.508 e. The molecule has 0 unspecified atom stereocenters. The van der Waals surface area contributed by atoms with Crippen LogP contribution in [0.5, 0.6) is 5.75 Å². The molecule has 1 saturated heterocycles. The molecule has 0 saturated carbocycles. The van der Waals surface area contributed by atoms with Gasteiger partial charge < -0.3 is 19.7 Å². The molecule has 1 fully saturated rings. The van der Waals surface area contributed by atoms with Gasteiger partial charge in [0.2, 0.25) is 5.91 Å². The second-order valence-corrected chi connectivity index (χ2v) is 8.14. The number of aromatic hydroxyl groups is 1. The number of benzene rings is 2. The quantitative estimate of drug-likeness (QED) is 0.651. The van der Waals surface area contributed by atoms with E-state index in [1.165, 1.54) is 6.92 Å². The minimum Gasteiger partial charge on any atom is -0.508 e. The third-order valence-electron chi connectivity index (χ3n) is 5.88. The van der Waals surface area contributed by atoms with Crippen LogP contribution in [0.3, 0.4) is 0 Å². The van der Waals surface area contributed by atoms with E-state index in [0.29, 0.717) is 13.1 Å². The second-order valence-electron chi connectivity index (χ2n) is 8.14. The molecule has 1 atom stereocenters. The number of cyclic esters (lactones) is 1. The van der Waals surface area contributed by atoms with Crippen LogP contribution in [0.15, 0.2) is 47.0 Å². The number of nitrogens with zero attached hydrogens (tertiary/aromatic N) is 2. The molecule has 1 aliphatic carbocycles. The molecule has 5 rings (SSSR count). The van der Waals surface area contributed by atoms with Crippen molar-refractivity contribution in [2.45, 2.75) is 32.3 Å². The summed E-state index contributed by atoms with van der Waals surface area (Å²) in [6, 6.07) is 12.9. The van der Waals surface area contributed by atoms with Crippen molar-refractivity contribution in [2.24, 2.45) is 0 Å². The van der Waals surface area contributed by atoms with Crippen LogP contribution in [0, 0.1) is 0 Å². The van der Waals surface area contributed by atoms with Crippen molar-refractivity contribution in [2.75, 3.05) is 18.0 Å². The Labute approximate surface area is 184 Å². The van der Waals surface area contributed by atoms with Crippen molar-refractivity contribution in [3.05, 3.63) is 53.6 Å². The van der Waals surface area contributed by atoms with Gasteiger partial charge in [-0.15, -0.1) is 0 Å². The van der Waals surface area contributed by atoms with Gasteiger partial charge in [-0.05, 0) is 55.2 Å². The minimum absolute atomic E-state index is 0.155. The molecule has 0 bridgehead atoms. The van der Waals surface area contributed by atoms with Gasteiger partial charge in [0.25, 0.3) is 0 Å². The topological polar surface area (TPSA) is 105 Å². The number of nitrogens with one attached hydrogen (secondary N) is 1. The highest BCUT2D eigenvalue weighted by Crippen LogP contribution is 2.40. The fraction of sp³-hybridized carbons (Fsp3) is 0.292. The first-order valence-corrected chi connectivity index (χ1v) is 10.6. The maximum atomic E-state index is 12.4. The van der Waals surface area contributed by atoms with Gasteiger partial charge >= 0.3 is 6.09 Å². The molecule has 0 radical (unpaired) electrons. The normalized spacial score (nSPS) is 17.3. The number of carbonyl (C=O) groups excluding carboxylic acids is 2. The van der Waals surface area contributed by atoms with Gasteiger partial charge in [-0.2, -0.15) is 0 Å². The molecule has 32 heavy (non-hydrogen) atoms. The van der Waals surface area contributed by atoms with E-state index in [2.05, 4.69) is 10.5 Å². The molecule has 1 aromatic heterocycles. The van der Waals surface area contributed by atoms with Crippen LogP contribution < -0.4 is 10.2 Å². The predicted molar refractivity (Wildman–Crippen MR) is 117 cm³/mol. The van der Waals surface area contributed by atoms with E-state index >= 15 is 0 Å². The number of aromatic nitrogens is 1. The fourth-order valence-electron chi connectivity index (χ4n) is 4.36. The summed E-state index contributed by atoms with van der Waals surface area (Å²) < 4.78 is 11.2. The van der Waals surface area contributed by atoms with Crippen molar-refractivity contribution in [1.82, 2.24) is 10.5 Å². The maximum Gasteiger partial charge on any atom is 0.414 e. The molecule has 2 amide bonds. The summed E-state index contributed by atoms with van der Waals surface area (Å²) in [5.41, 5.74) is 5.39. The monoisotopic (exact) mass is 433 g/mol. The van der Waals surface area contributed by atoms with Gasteiger partial charge in [0, 0.05) is 29.3 Å². The molecule has 2 aliphatic rings. The van der Waals surface area contributed by atoms with Crippen LogP contribution in [0.25, 0.3) is 22.6 Å². The van der Waals surface area contributed by atoms with Crippen LogP contribution in [-0.4, -0.2) is 41.5 Å². The first-order chi connectivity index (χ1) is 15.5. The first kappa shape index (κ1) is 20.1. The molecule has 0 spiro atoms. The summed E-state index contributed by atoms with van der Waals surface area (Å²) in [5.74, 6) is 0.764. The van der Waals surface area contributed by atoms with Crippen molar-refractivity contribution < 1.29 is 24.0 Å². The highest BCUT2D eigenvalue weighted by atomic mass is 16.6. The molecular formula is C24H23N3O5. The van der Waals surface area contributed by atoms with E-state index < -0.39 is 6.09 Å². The number of phenols is 1. The van der Waals surface area contributed by atoms with Gasteiger partial charge in [-0.25, -0.2) is 4.79 Å². The number of ether oxygens (including phenoxy) is 1. The lowest BCUT2D eigenvalue weighted by molar-refractivity contribution is -0.119. The number of rotatable bonds is 4. The van der Waals surface area contributed by atoms with Crippen LogP contribution in [0.1, 0.15) is 24.5 Å². The van der Waals surface area contributed by atoms with Crippen LogP contribution in [-0.2, 0) is 22.4 Å². The van der Waals surface area contributed by atoms with Gasteiger partial charge in [-0.1, -0.05) is 17.3 Å². The van der Waals surface area contributed by atoms with Crippen LogP contribution in [0.4, 0.5) is 10.5 Å². The van der Waals surface area contributed by atoms with Crippen molar-refractivity contribution in [3.63, 3.8) is 0 Å². The zero-order valence-electron chi connectivity index (χ0n) is 17.6. The number of fused-ring (bicyclic) bond motifs is 3. The lowest BCUT2D eigenvalue weighted by atomic mass is 9.99. The molecule has 1 aliphatic heterocycles. The van der Waals surface area contributed by atoms with Crippen molar-refractivity contribution in [1.29, 1.82) is 0 Å². The smallest absolute Gasteiger partial charge is 0.414 e. The lowest BCUT2D eigenvalue weighted by Crippen LogP contribution is -2.33. The number of hydrogen-bond donors (Lipinski definition) is 2. The Morgan fingerprint density at radius 3 is 2.94 bits per heavy atom. The van der Waals surface area contributed by atoms with E-state index in [9.17, 15) is 14.7 Å². The highest BCUT2D eigenvalue weighted by molar-refractivity contribution is 5.90. The molecule has 3 aromatic rings.